The van der Waals surface area contributed by atoms with Crippen LogP contribution in [0.3, 0.4) is 0 Å². The summed E-state index contributed by atoms with van der Waals surface area (Å²) in [7, 11) is 0. The van der Waals surface area contributed by atoms with Crippen molar-refractivity contribution in [1.82, 2.24) is 14.9 Å². The highest BCUT2D eigenvalue weighted by Gasteiger charge is 2.18. The lowest BCUT2D eigenvalue weighted by Crippen LogP contribution is -2.33. The molecule has 0 aliphatic carbocycles. The van der Waals surface area contributed by atoms with Gasteiger partial charge in [-0.1, -0.05) is 48.5 Å². The van der Waals surface area contributed by atoms with Gasteiger partial charge in [0, 0.05) is 24.5 Å². The molecule has 0 radical (unpaired) electrons. The zero-order valence-electron chi connectivity index (χ0n) is 15.2. The van der Waals surface area contributed by atoms with E-state index in [4.69, 9.17) is 4.74 Å². The van der Waals surface area contributed by atoms with Crippen LogP contribution in [0.1, 0.15) is 12.0 Å². The van der Waals surface area contributed by atoms with Gasteiger partial charge in [-0.05, 0) is 30.4 Å². The fraction of sp³-hybridized carbons (Fsp3) is 0.273. The summed E-state index contributed by atoms with van der Waals surface area (Å²) in [6.45, 7) is 1.62. The van der Waals surface area contributed by atoms with Crippen LogP contribution in [-0.4, -0.2) is 28.6 Å². The summed E-state index contributed by atoms with van der Waals surface area (Å²) in [4.78, 5) is 16.9. The SMILES string of the molecule is O=C(Cn1ccnc1-c1ccccc1)NCC1CCOc2ccccc2C1. The largest absolute Gasteiger partial charge is 0.493 e. The topological polar surface area (TPSA) is 56.2 Å². The maximum Gasteiger partial charge on any atom is 0.240 e. The molecule has 27 heavy (non-hydrogen) atoms. The first-order valence-corrected chi connectivity index (χ1v) is 9.33. The fourth-order valence-corrected chi connectivity index (χ4v) is 3.49. The number of imidazole rings is 1. The first kappa shape index (κ1) is 17.3. The van der Waals surface area contributed by atoms with Crippen LogP contribution in [0.2, 0.25) is 0 Å². The van der Waals surface area contributed by atoms with Crippen molar-refractivity contribution in [3.8, 4) is 17.1 Å². The van der Waals surface area contributed by atoms with E-state index in [1.807, 2.05) is 59.3 Å². The van der Waals surface area contributed by atoms with E-state index in [9.17, 15) is 4.79 Å². The monoisotopic (exact) mass is 361 g/mol. The van der Waals surface area contributed by atoms with Crippen molar-refractivity contribution in [1.29, 1.82) is 0 Å². The highest BCUT2D eigenvalue weighted by molar-refractivity contribution is 5.76. The van der Waals surface area contributed by atoms with Crippen LogP contribution in [0.15, 0.2) is 67.0 Å². The molecule has 1 unspecified atom stereocenters. The van der Waals surface area contributed by atoms with Gasteiger partial charge in [0.1, 0.15) is 18.1 Å². The Hall–Kier alpha value is -3.08. The van der Waals surface area contributed by atoms with Gasteiger partial charge in [0.15, 0.2) is 0 Å². The maximum atomic E-state index is 12.5. The van der Waals surface area contributed by atoms with Crippen molar-refractivity contribution in [2.24, 2.45) is 5.92 Å². The highest BCUT2D eigenvalue weighted by Crippen LogP contribution is 2.26. The molecule has 0 fully saturated rings. The van der Waals surface area contributed by atoms with Crippen LogP contribution in [0.25, 0.3) is 11.4 Å². The summed E-state index contributed by atoms with van der Waals surface area (Å²) < 4.78 is 7.70. The van der Waals surface area contributed by atoms with Gasteiger partial charge in [0.05, 0.1) is 6.61 Å². The minimum absolute atomic E-state index is 0.00336. The molecule has 4 rings (SSSR count). The van der Waals surface area contributed by atoms with Crippen LogP contribution in [0, 0.1) is 5.92 Å². The zero-order chi connectivity index (χ0) is 18.5. The van der Waals surface area contributed by atoms with Crippen molar-refractivity contribution >= 4 is 5.91 Å². The Bertz CT molecular complexity index is 905. The summed E-state index contributed by atoms with van der Waals surface area (Å²) in [6, 6.07) is 18.1. The Morgan fingerprint density at radius 3 is 2.85 bits per heavy atom. The lowest BCUT2D eigenvalue weighted by molar-refractivity contribution is -0.121. The van der Waals surface area contributed by atoms with Gasteiger partial charge in [0.25, 0.3) is 0 Å². The smallest absolute Gasteiger partial charge is 0.240 e. The van der Waals surface area contributed by atoms with E-state index in [2.05, 4.69) is 16.4 Å². The number of nitrogens with one attached hydrogen (secondary N) is 1. The van der Waals surface area contributed by atoms with Crippen LogP contribution in [0.5, 0.6) is 5.75 Å². The number of hydrogen-bond donors (Lipinski definition) is 1. The number of fused-ring (bicyclic) bond motifs is 1. The molecule has 1 aliphatic heterocycles. The van der Waals surface area contributed by atoms with E-state index in [0.717, 1.165) is 30.0 Å². The van der Waals surface area contributed by atoms with Crippen molar-refractivity contribution in [2.45, 2.75) is 19.4 Å². The Balaban J connectivity index is 1.35. The van der Waals surface area contributed by atoms with Crippen LogP contribution < -0.4 is 10.1 Å². The second-order valence-corrected chi connectivity index (χ2v) is 6.86. The number of aromatic nitrogens is 2. The molecule has 5 heteroatoms. The Kier molecular flexibility index (Phi) is 5.19. The van der Waals surface area contributed by atoms with E-state index in [1.54, 1.807) is 6.20 Å². The van der Waals surface area contributed by atoms with Gasteiger partial charge in [-0.2, -0.15) is 0 Å². The number of carbonyl (C=O) groups is 1. The molecule has 2 heterocycles. The first-order valence-electron chi connectivity index (χ1n) is 9.33. The van der Waals surface area contributed by atoms with Crippen LogP contribution >= 0.6 is 0 Å². The Morgan fingerprint density at radius 2 is 1.96 bits per heavy atom. The third-order valence-corrected chi connectivity index (χ3v) is 4.91. The standard InChI is InChI=1S/C22H23N3O2/c26-21(16-25-12-11-23-22(25)18-6-2-1-3-7-18)24-15-17-10-13-27-20-9-5-4-8-19(20)14-17/h1-9,11-12,17H,10,13-16H2,(H,24,26). The minimum atomic E-state index is 0.00336. The number of ether oxygens (including phenoxy) is 1. The quantitative estimate of drug-likeness (QED) is 0.759. The summed E-state index contributed by atoms with van der Waals surface area (Å²) in [6.07, 6.45) is 5.44. The third kappa shape index (κ3) is 4.19. The van der Waals surface area contributed by atoms with Gasteiger partial charge in [0.2, 0.25) is 5.91 Å². The molecule has 0 saturated carbocycles. The minimum Gasteiger partial charge on any atom is -0.493 e. The van der Waals surface area contributed by atoms with Crippen LogP contribution in [0.4, 0.5) is 0 Å². The van der Waals surface area contributed by atoms with Gasteiger partial charge in [-0.3, -0.25) is 4.79 Å². The zero-order valence-corrected chi connectivity index (χ0v) is 15.2. The molecular weight excluding hydrogens is 338 g/mol. The molecule has 1 aliphatic rings. The van der Waals surface area contributed by atoms with Crippen molar-refractivity contribution in [3.63, 3.8) is 0 Å². The Labute approximate surface area is 159 Å². The van der Waals surface area contributed by atoms with Crippen molar-refractivity contribution in [2.75, 3.05) is 13.2 Å². The average molecular weight is 361 g/mol. The second-order valence-electron chi connectivity index (χ2n) is 6.86. The number of benzene rings is 2. The number of rotatable bonds is 5. The molecule has 5 nitrogen and oxygen atoms in total. The molecule has 3 aromatic rings. The summed E-state index contributed by atoms with van der Waals surface area (Å²) in [5, 5.41) is 3.08. The molecule has 138 valence electrons. The molecule has 1 N–H and O–H groups in total. The second kappa shape index (κ2) is 8.08. The van der Waals surface area contributed by atoms with Crippen LogP contribution in [-0.2, 0) is 17.8 Å². The molecule has 1 atom stereocenters. The molecule has 1 amide bonds. The lowest BCUT2D eigenvalue weighted by atomic mass is 9.97. The third-order valence-electron chi connectivity index (χ3n) is 4.91. The predicted octanol–water partition coefficient (Wildman–Crippen LogP) is 3.31. The molecule has 2 aromatic carbocycles. The Morgan fingerprint density at radius 1 is 1.15 bits per heavy atom. The van der Waals surface area contributed by atoms with Crippen molar-refractivity contribution in [3.05, 3.63) is 72.6 Å². The maximum absolute atomic E-state index is 12.5. The number of amides is 1. The summed E-state index contributed by atoms with van der Waals surface area (Å²) in [5.74, 6) is 2.16. The summed E-state index contributed by atoms with van der Waals surface area (Å²) in [5.41, 5.74) is 2.23. The fourth-order valence-electron chi connectivity index (χ4n) is 3.49. The predicted molar refractivity (Wildman–Crippen MR) is 104 cm³/mol. The van der Waals surface area contributed by atoms with Gasteiger partial charge < -0.3 is 14.6 Å². The lowest BCUT2D eigenvalue weighted by Gasteiger charge is -2.15. The van der Waals surface area contributed by atoms with E-state index >= 15 is 0 Å². The van der Waals surface area contributed by atoms with E-state index < -0.39 is 0 Å². The number of nitrogens with zero attached hydrogens (tertiary/aromatic N) is 2. The normalized spacial score (nSPS) is 16.1. The average Bonchev–Trinajstić information content (AvgIpc) is 3.05. The number of carbonyl (C=O) groups excluding carboxylic acids is 1. The summed E-state index contributed by atoms with van der Waals surface area (Å²) >= 11 is 0. The van der Waals surface area contributed by atoms with Gasteiger partial charge in [-0.25, -0.2) is 4.98 Å². The van der Waals surface area contributed by atoms with E-state index in [1.165, 1.54) is 5.56 Å². The molecular formula is C22H23N3O2. The number of para-hydroxylation sites is 1. The van der Waals surface area contributed by atoms with Gasteiger partial charge in [-0.15, -0.1) is 0 Å². The molecule has 0 spiro atoms. The highest BCUT2D eigenvalue weighted by atomic mass is 16.5. The first-order chi connectivity index (χ1) is 13.3. The van der Waals surface area contributed by atoms with Gasteiger partial charge >= 0.3 is 0 Å². The van der Waals surface area contributed by atoms with E-state index in [-0.39, 0.29) is 12.5 Å². The molecule has 0 saturated heterocycles. The van der Waals surface area contributed by atoms with E-state index in [0.29, 0.717) is 19.1 Å². The molecule has 1 aromatic heterocycles. The molecule has 0 bridgehead atoms. The number of hydrogen-bond acceptors (Lipinski definition) is 3. The van der Waals surface area contributed by atoms with Crippen molar-refractivity contribution < 1.29 is 9.53 Å².